The molecule has 0 spiro atoms. The fourth-order valence-electron chi connectivity index (χ4n) is 0.408. The number of rotatable bonds is 3. The van der Waals surface area contributed by atoms with E-state index in [2.05, 4.69) is 4.74 Å². The van der Waals surface area contributed by atoms with Gasteiger partial charge in [0.05, 0.1) is 0 Å². The Kier molecular flexibility index (Phi) is 6.94. The maximum Gasteiger partial charge on any atom is 0.403 e. The number of methoxy groups -OCH3 is 1. The Morgan fingerprint density at radius 2 is 1.91 bits per heavy atom. The highest BCUT2D eigenvalue weighted by Crippen LogP contribution is 2.20. The van der Waals surface area contributed by atoms with Crippen LogP contribution in [-0.4, -0.2) is 25.9 Å². The van der Waals surface area contributed by atoms with Crippen LogP contribution in [0.5, 0.6) is 0 Å². The van der Waals surface area contributed by atoms with Gasteiger partial charge in [0.25, 0.3) is 0 Å². The average Bonchev–Trinajstić information content (AvgIpc) is 1.80. The van der Waals surface area contributed by atoms with Gasteiger partial charge in [0.15, 0.2) is 0 Å². The second-order valence-electron chi connectivity index (χ2n) is 1.93. The van der Waals surface area contributed by atoms with Crippen LogP contribution in [0.25, 0.3) is 0 Å². The summed E-state index contributed by atoms with van der Waals surface area (Å²) in [6.07, 6.45) is -4.47. The summed E-state index contributed by atoms with van der Waals surface area (Å²) in [5, 5.41) is 0. The Morgan fingerprint density at radius 3 is 2.18 bits per heavy atom. The molecule has 0 aromatic rings. The Morgan fingerprint density at radius 1 is 1.45 bits per heavy atom. The fourth-order valence-corrected chi connectivity index (χ4v) is 0.408. The van der Waals surface area contributed by atoms with Crippen molar-refractivity contribution in [2.24, 2.45) is 5.73 Å². The largest absolute Gasteiger partial charge is 0.403 e. The minimum Gasteiger partial charge on any atom is -0.385 e. The van der Waals surface area contributed by atoms with Crippen molar-refractivity contribution >= 4 is 12.4 Å². The fraction of sp³-hybridized carbons (Fsp3) is 1.00. The van der Waals surface area contributed by atoms with E-state index in [1.54, 1.807) is 0 Å². The first-order chi connectivity index (χ1) is 4.48. The van der Waals surface area contributed by atoms with Gasteiger partial charge in [-0.25, -0.2) is 0 Å². The molecule has 6 heteroatoms. The van der Waals surface area contributed by atoms with Crippen LogP contribution in [0.4, 0.5) is 13.2 Å². The molecule has 1 atom stereocenters. The van der Waals surface area contributed by atoms with Gasteiger partial charge in [-0.15, -0.1) is 12.4 Å². The molecule has 11 heavy (non-hydrogen) atoms. The minimum absolute atomic E-state index is 0. The molecule has 0 aromatic carbocycles. The molecule has 0 saturated carbocycles. The lowest BCUT2D eigenvalue weighted by Crippen LogP contribution is -2.38. The molecule has 0 aromatic heterocycles. The zero-order chi connectivity index (χ0) is 8.20. The first-order valence-corrected chi connectivity index (χ1v) is 2.79. The van der Waals surface area contributed by atoms with Gasteiger partial charge >= 0.3 is 6.18 Å². The lowest BCUT2D eigenvalue weighted by Gasteiger charge is -2.14. The van der Waals surface area contributed by atoms with E-state index in [4.69, 9.17) is 5.73 Å². The Balaban J connectivity index is 0. The summed E-state index contributed by atoms with van der Waals surface area (Å²) in [5.74, 6) is 0. The lowest BCUT2D eigenvalue weighted by molar-refractivity contribution is -0.150. The normalized spacial score (nSPS) is 13.9. The van der Waals surface area contributed by atoms with E-state index in [1.807, 2.05) is 0 Å². The van der Waals surface area contributed by atoms with Crippen molar-refractivity contribution in [1.29, 1.82) is 0 Å². The number of halogens is 4. The van der Waals surface area contributed by atoms with Gasteiger partial charge in [0, 0.05) is 13.7 Å². The summed E-state index contributed by atoms with van der Waals surface area (Å²) in [6.45, 7) is 0.0423. The zero-order valence-corrected chi connectivity index (χ0v) is 6.84. The van der Waals surface area contributed by atoms with Crippen LogP contribution in [0.15, 0.2) is 0 Å². The third-order valence-corrected chi connectivity index (χ3v) is 1.05. The third kappa shape index (κ3) is 6.40. The van der Waals surface area contributed by atoms with Gasteiger partial charge in [-0.1, -0.05) is 0 Å². The summed E-state index contributed by atoms with van der Waals surface area (Å²) in [5.41, 5.74) is 4.73. The molecule has 70 valence electrons. The Labute approximate surface area is 69.3 Å². The summed E-state index contributed by atoms with van der Waals surface area (Å²) in [7, 11) is 1.34. The second kappa shape index (κ2) is 5.62. The van der Waals surface area contributed by atoms with Crippen molar-refractivity contribution in [2.45, 2.75) is 18.6 Å². The first kappa shape index (κ1) is 13.6. The molecule has 0 rings (SSSR count). The Bertz CT molecular complexity index is 98.2. The number of ether oxygens (including phenoxy) is 1. The predicted molar refractivity (Wildman–Crippen MR) is 37.8 cm³/mol. The van der Waals surface area contributed by atoms with Crippen molar-refractivity contribution in [3.63, 3.8) is 0 Å². The molecule has 2 N–H and O–H groups in total. The van der Waals surface area contributed by atoms with Crippen LogP contribution < -0.4 is 5.73 Å². The van der Waals surface area contributed by atoms with E-state index in [9.17, 15) is 13.2 Å². The summed E-state index contributed by atoms with van der Waals surface area (Å²) >= 11 is 0. The van der Waals surface area contributed by atoms with Crippen molar-refractivity contribution < 1.29 is 17.9 Å². The van der Waals surface area contributed by atoms with Crippen LogP contribution in [0.3, 0.4) is 0 Å². The van der Waals surface area contributed by atoms with Gasteiger partial charge < -0.3 is 10.5 Å². The van der Waals surface area contributed by atoms with Crippen molar-refractivity contribution in [3.8, 4) is 0 Å². The maximum absolute atomic E-state index is 11.6. The van der Waals surface area contributed by atoms with Gasteiger partial charge in [-0.2, -0.15) is 13.2 Å². The molecule has 0 fully saturated rings. The van der Waals surface area contributed by atoms with Crippen molar-refractivity contribution in [1.82, 2.24) is 0 Å². The molecule has 2 nitrogen and oxygen atoms in total. The maximum atomic E-state index is 11.6. The molecule has 0 aliphatic rings. The molecule has 0 heterocycles. The van der Waals surface area contributed by atoms with E-state index in [-0.39, 0.29) is 25.4 Å². The smallest absolute Gasteiger partial charge is 0.385 e. The molecule has 1 unspecified atom stereocenters. The molecule has 0 saturated heterocycles. The van der Waals surface area contributed by atoms with Gasteiger partial charge in [-0.05, 0) is 6.42 Å². The van der Waals surface area contributed by atoms with Crippen LogP contribution in [-0.2, 0) is 4.74 Å². The van der Waals surface area contributed by atoms with Crippen LogP contribution >= 0.6 is 12.4 Å². The Hall–Kier alpha value is -0.0000000000000000555. The molecule has 0 bridgehead atoms. The van der Waals surface area contributed by atoms with Gasteiger partial charge in [0.1, 0.15) is 6.04 Å². The molecule has 0 amide bonds. The highest BCUT2D eigenvalue weighted by molar-refractivity contribution is 5.85. The highest BCUT2D eigenvalue weighted by Gasteiger charge is 2.35. The van der Waals surface area contributed by atoms with Crippen molar-refractivity contribution in [2.75, 3.05) is 13.7 Å². The molecule has 0 aliphatic carbocycles. The predicted octanol–water partition coefficient (Wildman–Crippen LogP) is 1.33. The van der Waals surface area contributed by atoms with E-state index in [0.717, 1.165) is 0 Å². The van der Waals surface area contributed by atoms with Gasteiger partial charge in [-0.3, -0.25) is 0 Å². The quantitative estimate of drug-likeness (QED) is 0.734. The molecule has 0 radical (unpaired) electrons. The van der Waals surface area contributed by atoms with Crippen LogP contribution in [0, 0.1) is 0 Å². The highest BCUT2D eigenvalue weighted by atomic mass is 35.5. The van der Waals surface area contributed by atoms with E-state index in [0.29, 0.717) is 0 Å². The van der Waals surface area contributed by atoms with Crippen LogP contribution in [0.1, 0.15) is 6.42 Å². The minimum atomic E-state index is -4.29. The topological polar surface area (TPSA) is 35.2 Å². The number of nitrogens with two attached hydrogens (primary N) is 1. The SMILES string of the molecule is COCCC(N)C(F)(F)F.Cl. The molecular formula is C5H11ClF3NO. The lowest BCUT2D eigenvalue weighted by atomic mass is 10.2. The summed E-state index contributed by atoms with van der Waals surface area (Å²) in [6, 6.07) is -1.76. The standard InChI is InChI=1S/C5H10F3NO.ClH/c1-10-3-2-4(9)5(6,7)8;/h4H,2-3,9H2,1H3;1H. The molecule has 0 aliphatic heterocycles. The average molecular weight is 194 g/mol. The third-order valence-electron chi connectivity index (χ3n) is 1.05. The van der Waals surface area contributed by atoms with Crippen molar-refractivity contribution in [3.05, 3.63) is 0 Å². The van der Waals surface area contributed by atoms with E-state index >= 15 is 0 Å². The second-order valence-corrected chi connectivity index (χ2v) is 1.93. The summed E-state index contributed by atoms with van der Waals surface area (Å²) in [4.78, 5) is 0. The van der Waals surface area contributed by atoms with Crippen LogP contribution in [0.2, 0.25) is 0 Å². The first-order valence-electron chi connectivity index (χ1n) is 2.79. The van der Waals surface area contributed by atoms with E-state index < -0.39 is 12.2 Å². The molecular weight excluding hydrogens is 183 g/mol. The zero-order valence-electron chi connectivity index (χ0n) is 6.02. The number of hydrogen-bond donors (Lipinski definition) is 1. The summed E-state index contributed by atoms with van der Waals surface area (Å²) < 4.78 is 39.2. The number of alkyl halides is 3. The van der Waals surface area contributed by atoms with E-state index in [1.165, 1.54) is 7.11 Å². The monoisotopic (exact) mass is 193 g/mol. The van der Waals surface area contributed by atoms with Gasteiger partial charge in [0.2, 0.25) is 0 Å². The number of hydrogen-bond acceptors (Lipinski definition) is 2.